The summed E-state index contributed by atoms with van der Waals surface area (Å²) < 4.78 is 45.1. The predicted octanol–water partition coefficient (Wildman–Crippen LogP) is 2.91. The Balaban J connectivity index is 1.75. The van der Waals surface area contributed by atoms with Crippen molar-refractivity contribution in [3.63, 3.8) is 0 Å². The minimum atomic E-state index is -4.67. The molecule has 0 aliphatic carbocycles. The number of rotatable bonds is 7. The lowest BCUT2D eigenvalue weighted by molar-refractivity contribution is -0.137. The van der Waals surface area contributed by atoms with Gasteiger partial charge in [0.2, 0.25) is 11.9 Å². The molecule has 178 valence electrons. The van der Waals surface area contributed by atoms with Crippen LogP contribution >= 0.6 is 11.6 Å². The molecular formula is C20H22ClF3N6O3. The zero-order chi connectivity index (χ0) is 24.0. The summed E-state index contributed by atoms with van der Waals surface area (Å²) in [7, 11) is 0. The molecular weight excluding hydrogens is 465 g/mol. The third kappa shape index (κ3) is 6.68. The Labute approximate surface area is 192 Å². The Hall–Kier alpha value is -3.12. The van der Waals surface area contributed by atoms with Crippen LogP contribution in [-0.4, -0.2) is 66.1 Å². The summed E-state index contributed by atoms with van der Waals surface area (Å²) >= 11 is 6.28. The van der Waals surface area contributed by atoms with Crippen molar-refractivity contribution in [2.45, 2.75) is 13.1 Å². The Morgan fingerprint density at radius 1 is 1.21 bits per heavy atom. The second-order valence-corrected chi connectivity index (χ2v) is 7.49. The molecule has 1 aromatic heterocycles. The van der Waals surface area contributed by atoms with E-state index < -0.39 is 17.6 Å². The van der Waals surface area contributed by atoms with Crippen LogP contribution in [0.25, 0.3) is 0 Å². The quantitative estimate of drug-likeness (QED) is 0.516. The minimum Gasteiger partial charge on any atom is -0.378 e. The van der Waals surface area contributed by atoms with E-state index in [0.29, 0.717) is 43.8 Å². The molecule has 0 radical (unpaired) electrons. The van der Waals surface area contributed by atoms with E-state index in [-0.39, 0.29) is 35.9 Å². The van der Waals surface area contributed by atoms with Crippen LogP contribution in [0.4, 0.5) is 30.6 Å². The van der Waals surface area contributed by atoms with Crippen molar-refractivity contribution < 1.29 is 27.5 Å². The molecule has 0 spiro atoms. The highest BCUT2D eigenvalue weighted by atomic mass is 35.5. The first-order valence-corrected chi connectivity index (χ1v) is 10.4. The minimum absolute atomic E-state index is 0.0310. The number of aromatic nitrogens is 2. The molecule has 0 bridgehead atoms. The van der Waals surface area contributed by atoms with Gasteiger partial charge in [0.25, 0.3) is 5.91 Å². The first-order chi connectivity index (χ1) is 15.6. The topological polar surface area (TPSA) is 108 Å². The van der Waals surface area contributed by atoms with E-state index in [9.17, 15) is 22.8 Å². The highest BCUT2D eigenvalue weighted by Crippen LogP contribution is 2.34. The van der Waals surface area contributed by atoms with Crippen molar-refractivity contribution in [2.24, 2.45) is 0 Å². The third-order valence-electron chi connectivity index (χ3n) is 4.64. The number of morpholine rings is 1. The van der Waals surface area contributed by atoms with E-state index in [1.807, 2.05) is 0 Å². The van der Waals surface area contributed by atoms with Crippen LogP contribution in [0.1, 0.15) is 22.8 Å². The van der Waals surface area contributed by atoms with Gasteiger partial charge in [0.05, 0.1) is 23.8 Å². The number of nitrogens with zero attached hydrogens (tertiary/aromatic N) is 3. The van der Waals surface area contributed by atoms with Crippen LogP contribution in [0.5, 0.6) is 0 Å². The normalized spacial score (nSPS) is 14.0. The molecule has 2 amide bonds. The monoisotopic (exact) mass is 486 g/mol. The van der Waals surface area contributed by atoms with E-state index in [1.54, 1.807) is 11.0 Å². The second-order valence-electron chi connectivity index (χ2n) is 7.09. The lowest BCUT2D eigenvalue weighted by Crippen LogP contribution is -2.40. The molecule has 0 saturated carbocycles. The predicted molar refractivity (Wildman–Crippen MR) is 116 cm³/mol. The largest absolute Gasteiger partial charge is 0.421 e. The maximum absolute atomic E-state index is 13.3. The van der Waals surface area contributed by atoms with Crippen molar-refractivity contribution in [1.82, 2.24) is 20.2 Å². The summed E-state index contributed by atoms with van der Waals surface area (Å²) in [6.07, 6.45) is -4.01. The number of anilines is 3. The number of benzene rings is 1. The molecule has 1 aliphatic heterocycles. The van der Waals surface area contributed by atoms with Crippen LogP contribution in [0.2, 0.25) is 5.02 Å². The third-order valence-corrected chi connectivity index (χ3v) is 4.95. The number of carbonyl (C=O) groups excluding carboxylic acids is 2. The maximum Gasteiger partial charge on any atom is 0.421 e. The highest BCUT2D eigenvalue weighted by Gasteiger charge is 2.35. The fourth-order valence-corrected chi connectivity index (χ4v) is 3.30. The Bertz CT molecular complexity index is 1020. The molecule has 2 heterocycles. The summed E-state index contributed by atoms with van der Waals surface area (Å²) in [5.74, 6) is -1.07. The molecule has 13 heteroatoms. The standard InChI is InChI=1S/C20H22ClF3N6O3/c1-12(31)25-4-5-26-17-15(20(22,23)24)11-27-19(29-17)28-13-2-3-14(16(21)10-13)18(32)30-6-8-33-9-7-30/h2-3,10-11H,4-9H2,1H3,(H,25,31)(H2,26,27,28,29). The van der Waals surface area contributed by atoms with Gasteiger partial charge in [-0.15, -0.1) is 0 Å². The number of ether oxygens (including phenoxy) is 1. The van der Waals surface area contributed by atoms with Gasteiger partial charge in [0, 0.05) is 45.0 Å². The van der Waals surface area contributed by atoms with Gasteiger partial charge in [-0.3, -0.25) is 9.59 Å². The zero-order valence-electron chi connectivity index (χ0n) is 17.6. The van der Waals surface area contributed by atoms with Crippen molar-refractivity contribution in [3.05, 3.63) is 40.5 Å². The number of hydrogen-bond donors (Lipinski definition) is 3. The highest BCUT2D eigenvalue weighted by molar-refractivity contribution is 6.34. The molecule has 9 nitrogen and oxygen atoms in total. The van der Waals surface area contributed by atoms with Crippen LogP contribution in [0.15, 0.2) is 24.4 Å². The molecule has 3 N–H and O–H groups in total. The number of hydrogen-bond acceptors (Lipinski definition) is 7. The average molecular weight is 487 g/mol. The van der Waals surface area contributed by atoms with Crippen LogP contribution < -0.4 is 16.0 Å². The van der Waals surface area contributed by atoms with Crippen LogP contribution in [0, 0.1) is 0 Å². The molecule has 1 saturated heterocycles. The molecule has 1 aliphatic rings. The van der Waals surface area contributed by atoms with Gasteiger partial charge in [-0.05, 0) is 18.2 Å². The van der Waals surface area contributed by atoms with Gasteiger partial charge in [-0.2, -0.15) is 18.2 Å². The summed E-state index contributed by atoms with van der Waals surface area (Å²) in [6.45, 7) is 3.29. The second kappa shape index (κ2) is 10.7. The van der Waals surface area contributed by atoms with Gasteiger partial charge >= 0.3 is 6.18 Å². The molecule has 0 atom stereocenters. The summed E-state index contributed by atoms with van der Waals surface area (Å²) in [4.78, 5) is 32.8. The molecule has 2 aromatic rings. The molecule has 3 rings (SSSR count). The summed E-state index contributed by atoms with van der Waals surface area (Å²) in [5, 5.41) is 8.01. The van der Waals surface area contributed by atoms with Crippen molar-refractivity contribution in [1.29, 1.82) is 0 Å². The van der Waals surface area contributed by atoms with E-state index in [4.69, 9.17) is 16.3 Å². The van der Waals surface area contributed by atoms with Crippen LogP contribution in [-0.2, 0) is 15.7 Å². The smallest absolute Gasteiger partial charge is 0.378 e. The van der Waals surface area contributed by atoms with E-state index in [0.717, 1.165) is 0 Å². The van der Waals surface area contributed by atoms with Gasteiger partial charge in [0.1, 0.15) is 11.4 Å². The van der Waals surface area contributed by atoms with Gasteiger partial charge in [0.15, 0.2) is 0 Å². The van der Waals surface area contributed by atoms with E-state index in [2.05, 4.69) is 25.9 Å². The number of alkyl halides is 3. The van der Waals surface area contributed by atoms with Crippen molar-refractivity contribution >= 4 is 40.9 Å². The molecule has 1 aromatic carbocycles. The molecule has 0 unspecified atom stereocenters. The maximum atomic E-state index is 13.3. The van der Waals surface area contributed by atoms with Gasteiger partial charge in [-0.1, -0.05) is 11.6 Å². The van der Waals surface area contributed by atoms with Crippen molar-refractivity contribution in [2.75, 3.05) is 50.0 Å². The zero-order valence-corrected chi connectivity index (χ0v) is 18.4. The van der Waals surface area contributed by atoms with Gasteiger partial charge in [-0.25, -0.2) is 4.98 Å². The Kier molecular flexibility index (Phi) is 7.92. The summed E-state index contributed by atoms with van der Waals surface area (Å²) in [5.41, 5.74) is -0.347. The fraction of sp³-hybridized carbons (Fsp3) is 0.400. The average Bonchev–Trinajstić information content (AvgIpc) is 2.76. The number of carbonyl (C=O) groups is 2. The number of halogens is 4. The first-order valence-electron chi connectivity index (χ1n) is 10.0. The Morgan fingerprint density at radius 3 is 2.58 bits per heavy atom. The van der Waals surface area contributed by atoms with Crippen LogP contribution in [0.3, 0.4) is 0 Å². The number of nitrogens with one attached hydrogen (secondary N) is 3. The fourth-order valence-electron chi connectivity index (χ4n) is 3.04. The molecule has 1 fully saturated rings. The Morgan fingerprint density at radius 2 is 1.94 bits per heavy atom. The molecule has 33 heavy (non-hydrogen) atoms. The first kappa shape index (κ1) is 24.5. The lowest BCUT2D eigenvalue weighted by Gasteiger charge is -2.27. The number of amides is 2. The van der Waals surface area contributed by atoms with E-state index >= 15 is 0 Å². The lowest BCUT2D eigenvalue weighted by atomic mass is 10.1. The van der Waals surface area contributed by atoms with Gasteiger partial charge < -0.3 is 25.6 Å². The van der Waals surface area contributed by atoms with Crippen molar-refractivity contribution in [3.8, 4) is 0 Å². The SMILES string of the molecule is CC(=O)NCCNc1nc(Nc2ccc(C(=O)N3CCOCC3)c(Cl)c2)ncc1C(F)(F)F. The van der Waals surface area contributed by atoms with E-state index in [1.165, 1.54) is 19.1 Å². The summed E-state index contributed by atoms with van der Waals surface area (Å²) in [6, 6.07) is 4.56.